The Morgan fingerprint density at radius 2 is 1.94 bits per heavy atom. The maximum atomic E-state index is 5.89. The molecule has 2 rings (SSSR count). The molecule has 0 bridgehead atoms. The predicted molar refractivity (Wildman–Crippen MR) is 75.2 cm³/mol. The van der Waals surface area contributed by atoms with Crippen LogP contribution < -0.4 is 11.1 Å². The van der Waals surface area contributed by atoms with Crippen molar-refractivity contribution in [1.82, 2.24) is 5.32 Å². The van der Waals surface area contributed by atoms with E-state index in [9.17, 15) is 0 Å². The minimum Gasteiger partial charge on any atom is -0.399 e. The first-order valence-electron chi connectivity index (χ1n) is 5.75. The van der Waals surface area contributed by atoms with Crippen molar-refractivity contribution >= 4 is 17.0 Å². The average molecular weight is 246 g/mol. The van der Waals surface area contributed by atoms with E-state index in [2.05, 4.69) is 35.8 Å². The Hall–Kier alpha value is -1.32. The Morgan fingerprint density at radius 1 is 1.12 bits per heavy atom. The van der Waals surface area contributed by atoms with Gasteiger partial charge in [-0.2, -0.15) is 0 Å². The lowest BCUT2D eigenvalue weighted by molar-refractivity contribution is 0.699. The van der Waals surface area contributed by atoms with Crippen molar-refractivity contribution in [2.75, 3.05) is 5.73 Å². The van der Waals surface area contributed by atoms with Crippen molar-refractivity contribution in [3.63, 3.8) is 0 Å². The number of aryl methyl sites for hydroxylation is 2. The predicted octanol–water partition coefficient (Wildman–Crippen LogP) is 3.24. The van der Waals surface area contributed by atoms with Crippen LogP contribution in [-0.4, -0.2) is 0 Å². The average Bonchev–Trinajstić information content (AvgIpc) is 2.70. The summed E-state index contributed by atoms with van der Waals surface area (Å²) in [6.45, 7) is 5.97. The van der Waals surface area contributed by atoms with Crippen molar-refractivity contribution in [3.8, 4) is 0 Å². The molecular weight excluding hydrogens is 228 g/mol. The summed E-state index contributed by atoms with van der Waals surface area (Å²) in [5.41, 5.74) is 10.5. The summed E-state index contributed by atoms with van der Waals surface area (Å²) in [6.07, 6.45) is 0. The molecule has 0 aliphatic carbocycles. The molecule has 17 heavy (non-hydrogen) atoms. The molecule has 0 saturated heterocycles. The molecule has 90 valence electrons. The van der Waals surface area contributed by atoms with Gasteiger partial charge in [0.2, 0.25) is 0 Å². The van der Waals surface area contributed by atoms with Gasteiger partial charge in [0.15, 0.2) is 0 Å². The van der Waals surface area contributed by atoms with Gasteiger partial charge in [0.05, 0.1) is 0 Å². The van der Waals surface area contributed by atoms with E-state index in [-0.39, 0.29) is 0 Å². The molecule has 1 heterocycles. The highest BCUT2D eigenvalue weighted by Gasteiger charge is 2.00. The van der Waals surface area contributed by atoms with Crippen LogP contribution in [-0.2, 0) is 13.1 Å². The molecule has 3 N–H and O–H groups in total. The van der Waals surface area contributed by atoms with Gasteiger partial charge in [-0.15, -0.1) is 11.3 Å². The number of hydrogen-bond donors (Lipinski definition) is 2. The van der Waals surface area contributed by atoms with Gasteiger partial charge >= 0.3 is 0 Å². The first kappa shape index (κ1) is 12.1. The number of hydrogen-bond acceptors (Lipinski definition) is 3. The quantitative estimate of drug-likeness (QED) is 0.813. The zero-order chi connectivity index (χ0) is 12.3. The second kappa shape index (κ2) is 5.34. The highest BCUT2D eigenvalue weighted by Crippen LogP contribution is 2.16. The summed E-state index contributed by atoms with van der Waals surface area (Å²) in [7, 11) is 0. The van der Waals surface area contributed by atoms with Crippen molar-refractivity contribution in [2.24, 2.45) is 0 Å². The molecule has 0 atom stereocenters. The van der Waals surface area contributed by atoms with Crippen LogP contribution in [0.3, 0.4) is 0 Å². The zero-order valence-electron chi connectivity index (χ0n) is 10.3. The number of anilines is 1. The number of nitrogen functional groups attached to an aromatic ring is 1. The van der Waals surface area contributed by atoms with Crippen molar-refractivity contribution in [3.05, 3.63) is 51.2 Å². The Morgan fingerprint density at radius 3 is 2.59 bits per heavy atom. The third-order valence-electron chi connectivity index (χ3n) is 2.93. The van der Waals surface area contributed by atoms with Gasteiger partial charge in [-0.3, -0.25) is 0 Å². The van der Waals surface area contributed by atoms with Crippen LogP contribution in [0, 0.1) is 13.8 Å². The van der Waals surface area contributed by atoms with E-state index < -0.39 is 0 Å². The Labute approximate surface area is 106 Å². The summed E-state index contributed by atoms with van der Waals surface area (Å²) in [4.78, 5) is 1.41. The molecule has 0 fully saturated rings. The molecule has 0 unspecified atom stereocenters. The van der Waals surface area contributed by atoms with Crippen molar-refractivity contribution in [2.45, 2.75) is 26.9 Å². The van der Waals surface area contributed by atoms with Gasteiger partial charge in [0.1, 0.15) is 0 Å². The van der Waals surface area contributed by atoms with E-state index in [0.717, 1.165) is 24.3 Å². The van der Waals surface area contributed by atoms with Gasteiger partial charge in [0.25, 0.3) is 0 Å². The van der Waals surface area contributed by atoms with E-state index in [4.69, 9.17) is 5.73 Å². The van der Waals surface area contributed by atoms with Crippen LogP contribution in [0.1, 0.15) is 21.6 Å². The van der Waals surface area contributed by atoms with Crippen LogP contribution in [0.25, 0.3) is 0 Å². The first-order valence-corrected chi connectivity index (χ1v) is 6.63. The lowest BCUT2D eigenvalue weighted by Crippen LogP contribution is -2.12. The van der Waals surface area contributed by atoms with E-state index >= 15 is 0 Å². The minimum atomic E-state index is 0.863. The molecule has 2 nitrogen and oxygen atoms in total. The van der Waals surface area contributed by atoms with E-state index in [1.165, 1.54) is 16.0 Å². The van der Waals surface area contributed by atoms with Crippen molar-refractivity contribution in [1.29, 1.82) is 0 Å². The second-order valence-corrected chi connectivity index (χ2v) is 5.32. The number of thiophene rings is 1. The van der Waals surface area contributed by atoms with E-state index in [0.29, 0.717) is 0 Å². The molecule has 0 radical (unpaired) electrons. The topological polar surface area (TPSA) is 38.0 Å². The monoisotopic (exact) mass is 246 g/mol. The second-order valence-electron chi connectivity index (χ2n) is 4.32. The Bertz CT molecular complexity index is 503. The lowest BCUT2D eigenvalue weighted by atomic mass is 10.1. The third-order valence-corrected chi connectivity index (χ3v) is 3.95. The Balaban J connectivity index is 1.90. The highest BCUT2D eigenvalue weighted by molar-refractivity contribution is 7.10. The highest BCUT2D eigenvalue weighted by atomic mass is 32.1. The molecule has 1 aromatic heterocycles. The van der Waals surface area contributed by atoms with Crippen LogP contribution in [0.15, 0.2) is 29.6 Å². The SMILES string of the molecule is Cc1ccc(CNCc2sccc2C)cc1N. The lowest BCUT2D eigenvalue weighted by Gasteiger charge is -2.07. The maximum absolute atomic E-state index is 5.89. The smallest absolute Gasteiger partial charge is 0.0346 e. The zero-order valence-corrected chi connectivity index (χ0v) is 11.1. The van der Waals surface area contributed by atoms with Crippen LogP contribution in [0.5, 0.6) is 0 Å². The number of nitrogens with one attached hydrogen (secondary N) is 1. The molecule has 0 spiro atoms. The summed E-state index contributed by atoms with van der Waals surface area (Å²) in [5.74, 6) is 0. The fourth-order valence-electron chi connectivity index (χ4n) is 1.71. The molecular formula is C14H18N2S. The summed E-state index contributed by atoms with van der Waals surface area (Å²) >= 11 is 1.80. The fourth-order valence-corrected chi connectivity index (χ4v) is 2.58. The molecule has 2 aromatic rings. The van der Waals surface area contributed by atoms with Crippen molar-refractivity contribution < 1.29 is 0 Å². The number of rotatable bonds is 4. The fraction of sp³-hybridized carbons (Fsp3) is 0.286. The van der Waals surface area contributed by atoms with E-state index in [1.807, 2.05) is 13.0 Å². The standard InChI is InChI=1S/C14H18N2S/c1-10-3-4-12(7-13(10)15)8-16-9-14-11(2)5-6-17-14/h3-7,16H,8-9,15H2,1-2H3. The van der Waals surface area contributed by atoms with Crippen LogP contribution >= 0.6 is 11.3 Å². The summed E-state index contributed by atoms with van der Waals surface area (Å²) in [6, 6.07) is 8.40. The first-order chi connectivity index (χ1) is 8.16. The van der Waals surface area contributed by atoms with Gasteiger partial charge in [-0.1, -0.05) is 12.1 Å². The molecule has 0 aliphatic heterocycles. The summed E-state index contributed by atoms with van der Waals surface area (Å²) < 4.78 is 0. The molecule has 3 heteroatoms. The van der Waals surface area contributed by atoms with E-state index in [1.54, 1.807) is 11.3 Å². The minimum absolute atomic E-state index is 0.863. The van der Waals surface area contributed by atoms with Gasteiger partial charge in [-0.25, -0.2) is 0 Å². The number of nitrogens with two attached hydrogens (primary N) is 1. The molecule has 0 saturated carbocycles. The van der Waals surface area contributed by atoms with Gasteiger partial charge in [0, 0.05) is 23.7 Å². The van der Waals surface area contributed by atoms with Crippen LogP contribution in [0.2, 0.25) is 0 Å². The maximum Gasteiger partial charge on any atom is 0.0346 e. The third kappa shape index (κ3) is 3.08. The molecule has 0 aliphatic rings. The molecule has 0 amide bonds. The van der Waals surface area contributed by atoms with Crippen LogP contribution in [0.4, 0.5) is 5.69 Å². The number of benzene rings is 1. The van der Waals surface area contributed by atoms with Gasteiger partial charge in [-0.05, 0) is 48.1 Å². The normalized spacial score (nSPS) is 10.7. The van der Waals surface area contributed by atoms with Gasteiger partial charge < -0.3 is 11.1 Å². The summed E-state index contributed by atoms with van der Waals surface area (Å²) in [5, 5.41) is 5.58. The Kier molecular flexibility index (Phi) is 3.82. The largest absolute Gasteiger partial charge is 0.399 e. The molecule has 1 aromatic carbocycles.